The number of carbonyl (C=O) groups is 3. The fraction of sp³-hybridized carbons (Fsp3) is 0.312. The van der Waals surface area contributed by atoms with Crippen LogP contribution >= 0.6 is 27.7 Å². The van der Waals surface area contributed by atoms with E-state index in [4.69, 9.17) is 9.47 Å². The van der Waals surface area contributed by atoms with E-state index in [0.717, 1.165) is 16.7 Å². The summed E-state index contributed by atoms with van der Waals surface area (Å²) in [5.41, 5.74) is 0.565. The molecule has 1 aromatic carbocycles. The molecule has 9 heteroatoms. The van der Waals surface area contributed by atoms with Gasteiger partial charge in [0.1, 0.15) is 6.54 Å². The molecule has 1 aliphatic rings. The molecular formula is C16H16BrNO6S. The van der Waals surface area contributed by atoms with Crippen LogP contribution in [-0.4, -0.2) is 46.9 Å². The van der Waals surface area contributed by atoms with Crippen molar-refractivity contribution in [2.45, 2.75) is 13.8 Å². The van der Waals surface area contributed by atoms with E-state index in [9.17, 15) is 19.5 Å². The zero-order valence-corrected chi connectivity index (χ0v) is 16.0. The van der Waals surface area contributed by atoms with E-state index in [1.807, 2.05) is 0 Å². The molecule has 0 atom stereocenters. The molecule has 2 rings (SSSR count). The minimum Gasteiger partial charge on any atom is -0.503 e. The molecule has 1 saturated heterocycles. The number of hydrogen-bond donors (Lipinski definition) is 1. The molecular weight excluding hydrogens is 414 g/mol. The van der Waals surface area contributed by atoms with Gasteiger partial charge in [-0.15, -0.1) is 0 Å². The van der Waals surface area contributed by atoms with E-state index < -0.39 is 23.7 Å². The molecule has 2 amide bonds. The number of imide groups is 1. The van der Waals surface area contributed by atoms with Crippen LogP contribution in [0.2, 0.25) is 0 Å². The van der Waals surface area contributed by atoms with Crippen LogP contribution in [0.1, 0.15) is 19.4 Å². The first-order valence-electron chi connectivity index (χ1n) is 7.43. The monoisotopic (exact) mass is 429 g/mol. The first-order valence-corrected chi connectivity index (χ1v) is 9.04. The number of esters is 1. The average Bonchev–Trinajstić information content (AvgIpc) is 2.80. The minimum atomic E-state index is -0.642. The van der Waals surface area contributed by atoms with Gasteiger partial charge in [-0.25, -0.2) is 0 Å². The summed E-state index contributed by atoms with van der Waals surface area (Å²) < 4.78 is 10.5. The molecule has 0 aliphatic carbocycles. The second kappa shape index (κ2) is 8.39. The molecule has 0 saturated carbocycles. The largest absolute Gasteiger partial charge is 0.503 e. The highest BCUT2D eigenvalue weighted by atomic mass is 79.9. The van der Waals surface area contributed by atoms with Gasteiger partial charge in [-0.1, -0.05) is 0 Å². The van der Waals surface area contributed by atoms with Crippen LogP contribution in [0.5, 0.6) is 11.5 Å². The van der Waals surface area contributed by atoms with Crippen molar-refractivity contribution in [1.29, 1.82) is 0 Å². The van der Waals surface area contributed by atoms with Gasteiger partial charge in [0.05, 0.1) is 22.6 Å². The van der Waals surface area contributed by atoms with Gasteiger partial charge in [0, 0.05) is 0 Å². The molecule has 1 aromatic rings. The molecule has 1 aliphatic heterocycles. The third kappa shape index (κ3) is 4.55. The van der Waals surface area contributed by atoms with Crippen LogP contribution in [0.25, 0.3) is 6.08 Å². The van der Waals surface area contributed by atoms with Crippen LogP contribution < -0.4 is 4.74 Å². The number of nitrogens with zero attached hydrogens (tertiary/aromatic N) is 1. The molecule has 0 aromatic heterocycles. The molecule has 7 nitrogen and oxygen atoms in total. The molecule has 1 heterocycles. The number of benzene rings is 1. The lowest BCUT2D eigenvalue weighted by molar-refractivity contribution is -0.145. The van der Waals surface area contributed by atoms with Gasteiger partial charge >= 0.3 is 5.97 Å². The molecule has 25 heavy (non-hydrogen) atoms. The van der Waals surface area contributed by atoms with Crippen LogP contribution in [0.15, 0.2) is 21.5 Å². The number of amides is 2. The molecule has 1 fully saturated rings. The van der Waals surface area contributed by atoms with Crippen molar-refractivity contribution in [2.24, 2.45) is 0 Å². The van der Waals surface area contributed by atoms with Gasteiger partial charge in [0.25, 0.3) is 11.1 Å². The zero-order chi connectivity index (χ0) is 18.6. The minimum absolute atomic E-state index is 0.0468. The Balaban J connectivity index is 2.26. The van der Waals surface area contributed by atoms with E-state index in [1.54, 1.807) is 26.0 Å². The van der Waals surface area contributed by atoms with Crippen molar-refractivity contribution < 1.29 is 29.0 Å². The lowest BCUT2D eigenvalue weighted by atomic mass is 10.2. The summed E-state index contributed by atoms with van der Waals surface area (Å²) in [7, 11) is 0. The SMILES string of the molecule is CCOC(=O)CN1C(=O)S/C(=C/c2cc(Br)c(O)c(OCC)c2)C1=O. The first-order chi connectivity index (χ1) is 11.9. The Kier molecular flexibility index (Phi) is 6.49. The maximum Gasteiger partial charge on any atom is 0.326 e. The van der Waals surface area contributed by atoms with Gasteiger partial charge in [-0.2, -0.15) is 0 Å². The number of ether oxygens (including phenoxy) is 2. The van der Waals surface area contributed by atoms with Gasteiger partial charge < -0.3 is 14.6 Å². The summed E-state index contributed by atoms with van der Waals surface area (Å²) in [6.45, 7) is 3.54. The molecule has 1 N–H and O–H groups in total. The smallest absolute Gasteiger partial charge is 0.326 e. The van der Waals surface area contributed by atoms with Gasteiger partial charge in [-0.3, -0.25) is 19.3 Å². The Bertz CT molecular complexity index is 748. The molecule has 134 valence electrons. The van der Waals surface area contributed by atoms with Crippen LogP contribution in [0.4, 0.5) is 4.79 Å². The van der Waals surface area contributed by atoms with Gasteiger partial charge in [0.2, 0.25) is 0 Å². The Morgan fingerprint density at radius 2 is 2.04 bits per heavy atom. The molecule has 0 radical (unpaired) electrons. The standard InChI is InChI=1S/C16H16BrNO6S/c1-3-23-11-6-9(5-10(17)14(11)20)7-12-15(21)18(16(22)25-12)8-13(19)24-4-2/h5-7,20H,3-4,8H2,1-2H3/b12-7+. The molecule has 0 bridgehead atoms. The van der Waals surface area contributed by atoms with Crippen molar-refractivity contribution in [3.8, 4) is 11.5 Å². The Labute approximate surface area is 157 Å². The third-order valence-corrected chi connectivity index (χ3v) is 4.63. The van der Waals surface area contributed by atoms with E-state index in [1.165, 1.54) is 6.08 Å². The van der Waals surface area contributed by atoms with Crippen molar-refractivity contribution >= 4 is 50.9 Å². The van der Waals surface area contributed by atoms with Gasteiger partial charge in [0.15, 0.2) is 11.5 Å². The summed E-state index contributed by atoms with van der Waals surface area (Å²) in [6.07, 6.45) is 1.50. The van der Waals surface area contributed by atoms with Crippen LogP contribution in [-0.2, 0) is 14.3 Å². The van der Waals surface area contributed by atoms with Crippen molar-refractivity contribution in [3.05, 3.63) is 27.1 Å². The average molecular weight is 430 g/mol. The molecule has 0 spiro atoms. The highest BCUT2D eigenvalue weighted by Gasteiger charge is 2.36. The first kappa shape index (κ1) is 19.3. The van der Waals surface area contributed by atoms with E-state index in [0.29, 0.717) is 16.6 Å². The summed E-state index contributed by atoms with van der Waals surface area (Å²) in [6, 6.07) is 3.15. The summed E-state index contributed by atoms with van der Waals surface area (Å²) in [5.74, 6) is -0.995. The quantitative estimate of drug-likeness (QED) is 0.548. The number of hydrogen-bond acceptors (Lipinski definition) is 7. The van der Waals surface area contributed by atoms with Crippen LogP contribution in [0, 0.1) is 0 Å². The van der Waals surface area contributed by atoms with E-state index in [-0.39, 0.29) is 23.0 Å². The van der Waals surface area contributed by atoms with Crippen LogP contribution in [0.3, 0.4) is 0 Å². The van der Waals surface area contributed by atoms with E-state index >= 15 is 0 Å². The molecule has 0 unspecified atom stereocenters. The maximum atomic E-state index is 12.3. The van der Waals surface area contributed by atoms with Crippen molar-refractivity contribution in [2.75, 3.05) is 19.8 Å². The topological polar surface area (TPSA) is 93.1 Å². The fourth-order valence-corrected chi connectivity index (χ4v) is 3.36. The second-order valence-electron chi connectivity index (χ2n) is 4.86. The summed E-state index contributed by atoms with van der Waals surface area (Å²) in [4.78, 5) is 36.8. The van der Waals surface area contributed by atoms with E-state index in [2.05, 4.69) is 15.9 Å². The van der Waals surface area contributed by atoms with Crippen molar-refractivity contribution in [3.63, 3.8) is 0 Å². The Hall–Kier alpha value is -2.00. The Morgan fingerprint density at radius 3 is 2.68 bits per heavy atom. The second-order valence-corrected chi connectivity index (χ2v) is 6.70. The normalized spacial score (nSPS) is 15.8. The summed E-state index contributed by atoms with van der Waals surface area (Å²) >= 11 is 3.95. The number of phenolic OH excluding ortho intramolecular Hbond substituents is 1. The van der Waals surface area contributed by atoms with Gasteiger partial charge in [-0.05, 0) is 65.3 Å². The number of phenols is 1. The third-order valence-electron chi connectivity index (χ3n) is 3.11. The number of aromatic hydroxyl groups is 1. The number of thioether (sulfide) groups is 1. The predicted molar refractivity (Wildman–Crippen MR) is 96.3 cm³/mol. The highest BCUT2D eigenvalue weighted by molar-refractivity contribution is 9.10. The zero-order valence-electron chi connectivity index (χ0n) is 13.6. The number of rotatable bonds is 6. The lowest BCUT2D eigenvalue weighted by Crippen LogP contribution is -2.34. The predicted octanol–water partition coefficient (Wildman–Crippen LogP) is 3.15. The number of carbonyl (C=O) groups excluding carboxylic acids is 3. The number of halogens is 1. The summed E-state index contributed by atoms with van der Waals surface area (Å²) in [5, 5.41) is 9.39. The fourth-order valence-electron chi connectivity index (χ4n) is 2.07. The highest BCUT2D eigenvalue weighted by Crippen LogP contribution is 2.38. The lowest BCUT2D eigenvalue weighted by Gasteiger charge is -2.11. The Morgan fingerprint density at radius 1 is 1.32 bits per heavy atom. The maximum absolute atomic E-state index is 12.3. The van der Waals surface area contributed by atoms with Crippen molar-refractivity contribution in [1.82, 2.24) is 4.90 Å².